The molecule has 31 heavy (non-hydrogen) atoms. The van der Waals surface area contributed by atoms with Crippen molar-refractivity contribution < 1.29 is 9.59 Å². The molecule has 1 fully saturated rings. The topological polar surface area (TPSA) is 74.6 Å². The fourth-order valence-electron chi connectivity index (χ4n) is 3.94. The Bertz CT molecular complexity index is 1050. The Hall–Kier alpha value is -2.29. The van der Waals surface area contributed by atoms with Gasteiger partial charge < -0.3 is 14.8 Å². The summed E-state index contributed by atoms with van der Waals surface area (Å²) in [4.78, 5) is 40.5. The molecule has 0 unspecified atom stereocenters. The van der Waals surface area contributed by atoms with Gasteiger partial charge in [-0.25, -0.2) is 4.31 Å². The van der Waals surface area contributed by atoms with Gasteiger partial charge in [-0.1, -0.05) is 35.7 Å². The molecule has 9 heteroatoms. The number of halogens is 1. The van der Waals surface area contributed by atoms with Crippen LogP contribution in [0.2, 0.25) is 5.02 Å². The molecule has 2 aromatic rings. The molecule has 1 N–H and O–H groups in total. The Kier molecular flexibility index (Phi) is 6.69. The lowest BCUT2D eigenvalue weighted by Crippen LogP contribution is -2.48. The lowest BCUT2D eigenvalue weighted by atomic mass is 10.1. The van der Waals surface area contributed by atoms with Gasteiger partial charge in [-0.3, -0.25) is 14.4 Å². The average molecular weight is 461 g/mol. The molecule has 2 aliphatic rings. The van der Waals surface area contributed by atoms with Gasteiger partial charge in [0.2, 0.25) is 0 Å². The van der Waals surface area contributed by atoms with Gasteiger partial charge in [-0.15, -0.1) is 0 Å². The third kappa shape index (κ3) is 4.81. The lowest BCUT2D eigenvalue weighted by molar-refractivity contribution is 0.0691. The normalized spacial score (nSPS) is 16.5. The van der Waals surface area contributed by atoms with E-state index in [2.05, 4.69) is 9.62 Å². The third-order valence-electron chi connectivity index (χ3n) is 5.62. The number of aromatic nitrogens is 1. The van der Waals surface area contributed by atoms with E-state index in [1.807, 2.05) is 24.1 Å². The predicted octanol–water partition coefficient (Wildman–Crippen LogP) is 2.55. The molecule has 0 spiro atoms. The monoisotopic (exact) mass is 460 g/mol. The van der Waals surface area contributed by atoms with Crippen LogP contribution in [-0.4, -0.2) is 57.5 Å². The molecule has 2 amide bonds. The van der Waals surface area contributed by atoms with Crippen LogP contribution < -0.4 is 10.9 Å². The third-order valence-corrected chi connectivity index (χ3v) is 7.07. The highest BCUT2D eigenvalue weighted by Gasteiger charge is 2.29. The standard InChI is InChI=1S/C22H25ClN4O3S/c1-15-13-18(20(28)24-14-16-3-5-17(23)6-4-16)21(29)27-11-9-25(22(30)19(15)27)8-10-26-7-2-12-31-26/h3-6,13H,2,7-12,14H2,1H3,(H,24,28). The number of aryl methyl sites for hydroxylation is 1. The van der Waals surface area contributed by atoms with Gasteiger partial charge in [0.25, 0.3) is 17.4 Å². The van der Waals surface area contributed by atoms with Crippen LogP contribution in [0.25, 0.3) is 0 Å². The summed E-state index contributed by atoms with van der Waals surface area (Å²) in [5.41, 5.74) is 1.55. The quantitative estimate of drug-likeness (QED) is 0.670. The number of carbonyl (C=O) groups is 2. The summed E-state index contributed by atoms with van der Waals surface area (Å²) in [6.45, 7) is 5.45. The van der Waals surface area contributed by atoms with Crippen LogP contribution in [-0.2, 0) is 13.1 Å². The molecule has 0 bridgehead atoms. The number of hydrogen-bond acceptors (Lipinski definition) is 5. The molecule has 1 saturated heterocycles. The summed E-state index contributed by atoms with van der Waals surface area (Å²) >= 11 is 7.71. The molecule has 7 nitrogen and oxygen atoms in total. The first-order valence-electron chi connectivity index (χ1n) is 10.4. The Morgan fingerprint density at radius 3 is 2.61 bits per heavy atom. The number of amides is 2. The summed E-state index contributed by atoms with van der Waals surface area (Å²) in [5.74, 6) is 0.547. The van der Waals surface area contributed by atoms with E-state index in [1.54, 1.807) is 24.0 Å². The molecule has 0 saturated carbocycles. The zero-order valence-electron chi connectivity index (χ0n) is 17.4. The maximum atomic E-state index is 13.0. The van der Waals surface area contributed by atoms with E-state index in [1.165, 1.54) is 17.1 Å². The van der Waals surface area contributed by atoms with Crippen LogP contribution in [0.5, 0.6) is 0 Å². The second kappa shape index (κ2) is 9.46. The van der Waals surface area contributed by atoms with Crippen LogP contribution in [0.3, 0.4) is 0 Å². The second-order valence-corrected chi connectivity index (χ2v) is 9.38. The van der Waals surface area contributed by atoms with E-state index in [4.69, 9.17) is 11.6 Å². The van der Waals surface area contributed by atoms with Crippen molar-refractivity contribution >= 4 is 35.4 Å². The maximum Gasteiger partial charge on any atom is 0.270 e. The molecule has 0 atom stereocenters. The average Bonchev–Trinajstić information content (AvgIpc) is 3.28. The Labute approximate surface area is 190 Å². The minimum absolute atomic E-state index is 0.0601. The number of hydrogen-bond donors (Lipinski definition) is 1. The zero-order valence-corrected chi connectivity index (χ0v) is 19.0. The molecular weight excluding hydrogens is 436 g/mol. The number of carbonyl (C=O) groups excluding carboxylic acids is 2. The summed E-state index contributed by atoms with van der Waals surface area (Å²) in [6.07, 6.45) is 1.18. The van der Waals surface area contributed by atoms with Crippen molar-refractivity contribution in [3.05, 3.63) is 68.1 Å². The van der Waals surface area contributed by atoms with E-state index >= 15 is 0 Å². The highest BCUT2D eigenvalue weighted by Crippen LogP contribution is 2.21. The summed E-state index contributed by atoms with van der Waals surface area (Å²) < 4.78 is 3.74. The highest BCUT2D eigenvalue weighted by atomic mass is 35.5. The molecule has 0 aliphatic carbocycles. The van der Waals surface area contributed by atoms with E-state index in [9.17, 15) is 14.4 Å². The van der Waals surface area contributed by atoms with Crippen LogP contribution in [0.1, 0.15) is 38.4 Å². The first-order valence-corrected chi connectivity index (χ1v) is 11.7. The Balaban J connectivity index is 1.48. The SMILES string of the molecule is Cc1cc(C(=O)NCc2ccc(Cl)cc2)c(=O)n2c1C(=O)N(CCN1CCCS1)CC2. The molecule has 1 aromatic carbocycles. The van der Waals surface area contributed by atoms with Gasteiger partial charge in [-0.2, -0.15) is 0 Å². The largest absolute Gasteiger partial charge is 0.348 e. The fraction of sp³-hybridized carbons (Fsp3) is 0.409. The minimum Gasteiger partial charge on any atom is -0.348 e. The van der Waals surface area contributed by atoms with Crippen molar-refractivity contribution in [2.75, 3.05) is 31.9 Å². The number of benzene rings is 1. The van der Waals surface area contributed by atoms with Gasteiger partial charge in [-0.05, 0) is 42.7 Å². The smallest absolute Gasteiger partial charge is 0.270 e. The Morgan fingerprint density at radius 1 is 1.13 bits per heavy atom. The van der Waals surface area contributed by atoms with Gasteiger partial charge >= 0.3 is 0 Å². The number of pyridine rings is 1. The molecule has 1 aromatic heterocycles. The van der Waals surface area contributed by atoms with E-state index < -0.39 is 11.5 Å². The van der Waals surface area contributed by atoms with E-state index in [-0.39, 0.29) is 18.0 Å². The first kappa shape index (κ1) is 21.9. The summed E-state index contributed by atoms with van der Waals surface area (Å²) in [6, 6.07) is 8.67. The van der Waals surface area contributed by atoms with Gasteiger partial charge in [0.05, 0.1) is 0 Å². The lowest BCUT2D eigenvalue weighted by Gasteiger charge is -2.31. The minimum atomic E-state index is -0.445. The molecule has 0 radical (unpaired) electrons. The maximum absolute atomic E-state index is 13.0. The van der Waals surface area contributed by atoms with Gasteiger partial charge in [0, 0.05) is 50.0 Å². The fourth-order valence-corrected chi connectivity index (χ4v) is 5.05. The Morgan fingerprint density at radius 2 is 1.90 bits per heavy atom. The van der Waals surface area contributed by atoms with Crippen molar-refractivity contribution in [2.24, 2.45) is 0 Å². The molecular formula is C22H25ClN4O3S. The van der Waals surface area contributed by atoms with Crippen LogP contribution in [0.15, 0.2) is 35.1 Å². The van der Waals surface area contributed by atoms with Crippen molar-refractivity contribution in [1.82, 2.24) is 19.1 Å². The van der Waals surface area contributed by atoms with Crippen molar-refractivity contribution in [2.45, 2.75) is 26.4 Å². The first-order chi connectivity index (χ1) is 14.9. The van der Waals surface area contributed by atoms with Gasteiger partial charge in [0.15, 0.2) is 0 Å². The van der Waals surface area contributed by atoms with Crippen molar-refractivity contribution in [3.63, 3.8) is 0 Å². The number of nitrogens with one attached hydrogen (secondary N) is 1. The highest BCUT2D eigenvalue weighted by molar-refractivity contribution is 7.97. The zero-order chi connectivity index (χ0) is 22.0. The van der Waals surface area contributed by atoms with E-state index in [0.29, 0.717) is 35.9 Å². The number of fused-ring (bicyclic) bond motifs is 1. The van der Waals surface area contributed by atoms with Gasteiger partial charge in [0.1, 0.15) is 11.3 Å². The second-order valence-electron chi connectivity index (χ2n) is 7.76. The summed E-state index contributed by atoms with van der Waals surface area (Å²) in [5, 5.41) is 3.40. The number of rotatable bonds is 6. The number of nitrogens with zero attached hydrogens (tertiary/aromatic N) is 3. The summed E-state index contributed by atoms with van der Waals surface area (Å²) in [7, 11) is 0. The molecule has 3 heterocycles. The predicted molar refractivity (Wildman–Crippen MR) is 123 cm³/mol. The van der Waals surface area contributed by atoms with Crippen LogP contribution >= 0.6 is 23.5 Å². The molecule has 4 rings (SSSR count). The van der Waals surface area contributed by atoms with Crippen molar-refractivity contribution in [1.29, 1.82) is 0 Å². The van der Waals surface area contributed by atoms with Crippen LogP contribution in [0, 0.1) is 6.92 Å². The van der Waals surface area contributed by atoms with Crippen molar-refractivity contribution in [3.8, 4) is 0 Å². The molecule has 164 valence electrons. The van der Waals surface area contributed by atoms with E-state index in [0.717, 1.165) is 24.4 Å². The van der Waals surface area contributed by atoms with Crippen LogP contribution in [0.4, 0.5) is 0 Å². The molecule has 2 aliphatic heterocycles.